The number of ether oxygens (including phenoxy) is 1. The third-order valence-corrected chi connectivity index (χ3v) is 5.48. The molecule has 0 atom stereocenters. The van der Waals surface area contributed by atoms with Crippen LogP contribution >= 0.6 is 23.2 Å². The lowest BCUT2D eigenvalue weighted by molar-refractivity contribution is -0.146. The number of nitrogens with zero attached hydrogens (tertiary/aromatic N) is 5. The minimum absolute atomic E-state index is 0.0464. The lowest BCUT2D eigenvalue weighted by Gasteiger charge is -2.32. The van der Waals surface area contributed by atoms with Crippen molar-refractivity contribution in [2.24, 2.45) is 0 Å². The number of benzene rings is 1. The molecule has 1 fully saturated rings. The van der Waals surface area contributed by atoms with Gasteiger partial charge in [0.15, 0.2) is 5.65 Å². The monoisotopic (exact) mass is 445 g/mol. The van der Waals surface area contributed by atoms with E-state index in [0.29, 0.717) is 35.6 Å². The van der Waals surface area contributed by atoms with E-state index in [9.17, 15) is 13.2 Å². The third kappa shape index (κ3) is 4.41. The molecule has 1 aliphatic rings. The lowest BCUT2D eigenvalue weighted by Crippen LogP contribution is -2.37. The molecule has 2 aromatic heterocycles. The average molecular weight is 446 g/mol. The van der Waals surface area contributed by atoms with Gasteiger partial charge in [0.25, 0.3) is 5.82 Å². The first-order valence-corrected chi connectivity index (χ1v) is 9.67. The molecule has 154 valence electrons. The number of alkyl halides is 3. The van der Waals surface area contributed by atoms with Crippen LogP contribution in [0.3, 0.4) is 0 Å². The van der Waals surface area contributed by atoms with Gasteiger partial charge in [-0.15, -0.1) is 15.3 Å². The van der Waals surface area contributed by atoms with Gasteiger partial charge in [-0.25, -0.2) is 0 Å². The van der Waals surface area contributed by atoms with Crippen LogP contribution in [0, 0.1) is 0 Å². The van der Waals surface area contributed by atoms with E-state index in [4.69, 9.17) is 27.9 Å². The minimum Gasteiger partial charge on any atom is -0.373 e. The van der Waals surface area contributed by atoms with E-state index in [1.54, 1.807) is 18.2 Å². The first-order valence-electron chi connectivity index (χ1n) is 8.91. The van der Waals surface area contributed by atoms with E-state index in [1.165, 1.54) is 6.07 Å². The Labute approximate surface area is 174 Å². The summed E-state index contributed by atoms with van der Waals surface area (Å²) in [5, 5.41) is 11.8. The number of fused-ring (bicyclic) bond motifs is 1. The van der Waals surface area contributed by atoms with Gasteiger partial charge in [-0.3, -0.25) is 0 Å². The van der Waals surface area contributed by atoms with Crippen LogP contribution in [0.15, 0.2) is 30.3 Å². The molecule has 0 bridgehead atoms. The Bertz CT molecular complexity index is 1020. The maximum atomic E-state index is 13.0. The standard InChI is InChI=1S/C18H16Cl2F3N5O/c19-13-2-1-11(9-14(13)20)10-29-12-5-7-27(8-6-12)16-4-3-15-24-25-17(18(21,22)23)28(15)26-16/h1-4,9,12H,5-8,10H2. The predicted molar refractivity (Wildman–Crippen MR) is 102 cm³/mol. The average Bonchev–Trinajstić information content (AvgIpc) is 3.13. The van der Waals surface area contributed by atoms with Crippen molar-refractivity contribution in [3.8, 4) is 0 Å². The smallest absolute Gasteiger partial charge is 0.373 e. The Morgan fingerprint density at radius 2 is 1.79 bits per heavy atom. The molecule has 0 unspecified atom stereocenters. The molecule has 0 radical (unpaired) electrons. The summed E-state index contributed by atoms with van der Waals surface area (Å²) >= 11 is 11.9. The zero-order chi connectivity index (χ0) is 20.6. The second kappa shape index (κ2) is 7.97. The van der Waals surface area contributed by atoms with Crippen molar-refractivity contribution in [3.05, 3.63) is 51.8 Å². The fourth-order valence-corrected chi connectivity index (χ4v) is 3.54. The number of hydrogen-bond acceptors (Lipinski definition) is 5. The highest BCUT2D eigenvalue weighted by Gasteiger charge is 2.37. The van der Waals surface area contributed by atoms with Crippen molar-refractivity contribution in [2.75, 3.05) is 18.0 Å². The number of aromatic nitrogens is 4. The van der Waals surface area contributed by atoms with Gasteiger partial charge >= 0.3 is 6.18 Å². The van der Waals surface area contributed by atoms with Gasteiger partial charge in [-0.1, -0.05) is 29.3 Å². The van der Waals surface area contributed by atoms with Crippen LogP contribution in [0.1, 0.15) is 24.2 Å². The second-order valence-corrected chi connectivity index (χ2v) is 7.54. The van der Waals surface area contributed by atoms with Crippen LogP contribution in [0.5, 0.6) is 0 Å². The number of piperidine rings is 1. The molecule has 6 nitrogen and oxygen atoms in total. The first kappa shape index (κ1) is 20.2. The lowest BCUT2D eigenvalue weighted by atomic mass is 10.1. The van der Waals surface area contributed by atoms with Gasteiger partial charge in [0.05, 0.1) is 22.8 Å². The Hall–Kier alpha value is -2.10. The molecular formula is C18H16Cl2F3N5O. The van der Waals surface area contributed by atoms with Crippen LogP contribution in [-0.4, -0.2) is 39.0 Å². The van der Waals surface area contributed by atoms with Gasteiger partial charge in [-0.2, -0.15) is 17.7 Å². The fraction of sp³-hybridized carbons (Fsp3) is 0.389. The summed E-state index contributed by atoms with van der Waals surface area (Å²) < 4.78 is 45.8. The SMILES string of the molecule is FC(F)(F)c1nnc2ccc(N3CCC(OCc4ccc(Cl)c(Cl)c4)CC3)nn12. The van der Waals surface area contributed by atoms with Crippen LogP contribution in [-0.2, 0) is 17.5 Å². The Kier molecular flexibility index (Phi) is 5.54. The normalized spacial score (nSPS) is 16.0. The van der Waals surface area contributed by atoms with E-state index in [-0.39, 0.29) is 11.8 Å². The maximum absolute atomic E-state index is 13.0. The van der Waals surface area contributed by atoms with Crippen molar-refractivity contribution >= 4 is 34.7 Å². The number of anilines is 1. The predicted octanol–water partition coefficient (Wildman–Crippen LogP) is 4.64. The molecule has 3 aromatic rings. The van der Waals surface area contributed by atoms with E-state index >= 15 is 0 Å². The Balaban J connectivity index is 1.38. The molecule has 29 heavy (non-hydrogen) atoms. The summed E-state index contributed by atoms with van der Waals surface area (Å²) in [4.78, 5) is 1.93. The summed E-state index contributed by atoms with van der Waals surface area (Å²) in [5.74, 6) is -0.681. The van der Waals surface area contributed by atoms with Crippen molar-refractivity contribution in [3.63, 3.8) is 0 Å². The van der Waals surface area contributed by atoms with Crippen molar-refractivity contribution in [2.45, 2.75) is 31.7 Å². The molecule has 0 spiro atoms. The highest BCUT2D eigenvalue weighted by molar-refractivity contribution is 6.42. The molecular weight excluding hydrogens is 430 g/mol. The third-order valence-electron chi connectivity index (χ3n) is 4.74. The molecule has 0 amide bonds. The largest absolute Gasteiger partial charge is 0.453 e. The molecule has 4 rings (SSSR count). The Morgan fingerprint density at radius 3 is 2.48 bits per heavy atom. The van der Waals surface area contributed by atoms with Crippen LogP contribution < -0.4 is 4.90 Å². The highest BCUT2D eigenvalue weighted by atomic mass is 35.5. The quantitative estimate of drug-likeness (QED) is 0.585. The minimum atomic E-state index is -4.61. The number of rotatable bonds is 4. The molecule has 3 heterocycles. The second-order valence-electron chi connectivity index (χ2n) is 6.73. The van der Waals surface area contributed by atoms with Crippen molar-refractivity contribution < 1.29 is 17.9 Å². The van der Waals surface area contributed by atoms with Gasteiger partial charge in [0.2, 0.25) is 0 Å². The van der Waals surface area contributed by atoms with Crippen LogP contribution in [0.2, 0.25) is 10.0 Å². The van der Waals surface area contributed by atoms with Gasteiger partial charge in [-0.05, 0) is 42.7 Å². The molecule has 1 saturated heterocycles. The molecule has 0 aliphatic carbocycles. The van der Waals surface area contributed by atoms with E-state index in [2.05, 4.69) is 15.3 Å². The van der Waals surface area contributed by atoms with Gasteiger partial charge < -0.3 is 9.64 Å². The molecule has 1 aliphatic heterocycles. The van der Waals surface area contributed by atoms with E-state index in [0.717, 1.165) is 22.9 Å². The number of hydrogen-bond donors (Lipinski definition) is 0. The summed E-state index contributed by atoms with van der Waals surface area (Å²) in [6.45, 7) is 1.66. The van der Waals surface area contributed by atoms with E-state index < -0.39 is 12.0 Å². The van der Waals surface area contributed by atoms with Gasteiger partial charge in [0, 0.05) is 13.1 Å². The highest BCUT2D eigenvalue weighted by Crippen LogP contribution is 2.29. The molecule has 0 saturated carbocycles. The van der Waals surface area contributed by atoms with Crippen LogP contribution in [0.25, 0.3) is 5.65 Å². The summed E-state index contributed by atoms with van der Waals surface area (Å²) in [7, 11) is 0. The maximum Gasteiger partial charge on any atom is 0.453 e. The summed E-state index contributed by atoms with van der Waals surface area (Å²) in [5.41, 5.74) is 0.988. The van der Waals surface area contributed by atoms with Crippen molar-refractivity contribution in [1.82, 2.24) is 19.8 Å². The van der Waals surface area contributed by atoms with Crippen LogP contribution in [0.4, 0.5) is 19.0 Å². The topological polar surface area (TPSA) is 55.5 Å². The molecule has 0 N–H and O–H groups in total. The number of halogens is 5. The van der Waals surface area contributed by atoms with E-state index in [1.807, 2.05) is 11.0 Å². The fourth-order valence-electron chi connectivity index (χ4n) is 3.22. The summed E-state index contributed by atoms with van der Waals surface area (Å²) in [6.07, 6.45) is -3.11. The summed E-state index contributed by atoms with van der Waals surface area (Å²) in [6, 6.07) is 8.50. The molecule has 1 aromatic carbocycles. The zero-order valence-electron chi connectivity index (χ0n) is 15.0. The Morgan fingerprint density at radius 1 is 1.03 bits per heavy atom. The zero-order valence-corrected chi connectivity index (χ0v) is 16.5. The van der Waals surface area contributed by atoms with Crippen molar-refractivity contribution in [1.29, 1.82) is 0 Å². The molecule has 11 heteroatoms. The first-order chi connectivity index (χ1) is 13.8. The van der Waals surface area contributed by atoms with Gasteiger partial charge in [0.1, 0.15) is 5.82 Å².